The van der Waals surface area contributed by atoms with Crippen molar-refractivity contribution in [3.05, 3.63) is 34.4 Å². The van der Waals surface area contributed by atoms with Gasteiger partial charge in [0.05, 0.1) is 13.2 Å². The number of nitrogens with zero attached hydrogens (tertiary/aromatic N) is 1. The molecular formula is C20H26BrN3O3. The Morgan fingerprint density at radius 2 is 2.07 bits per heavy atom. The molecule has 7 heteroatoms. The molecule has 0 aliphatic carbocycles. The number of rotatable bonds is 4. The van der Waals surface area contributed by atoms with Gasteiger partial charge in [-0.15, -0.1) is 0 Å². The molecule has 1 aliphatic heterocycles. The van der Waals surface area contributed by atoms with Crippen molar-refractivity contribution >= 4 is 38.8 Å². The van der Waals surface area contributed by atoms with E-state index in [9.17, 15) is 9.59 Å². The number of hydrogen-bond donors (Lipinski definition) is 2. The number of ether oxygens (including phenoxy) is 1. The van der Waals surface area contributed by atoms with E-state index in [4.69, 9.17) is 4.74 Å². The van der Waals surface area contributed by atoms with Gasteiger partial charge in [0.25, 0.3) is 0 Å². The summed E-state index contributed by atoms with van der Waals surface area (Å²) in [5.74, 6) is 0.291. The van der Waals surface area contributed by atoms with E-state index < -0.39 is 12.1 Å². The predicted octanol–water partition coefficient (Wildman–Crippen LogP) is 4.22. The Morgan fingerprint density at radius 3 is 2.74 bits per heavy atom. The highest BCUT2D eigenvalue weighted by atomic mass is 79.9. The number of aromatic nitrogens is 1. The first kappa shape index (κ1) is 19.7. The van der Waals surface area contributed by atoms with Crippen molar-refractivity contribution in [1.29, 1.82) is 0 Å². The molecule has 1 aliphatic rings. The van der Waals surface area contributed by atoms with Crippen LogP contribution < -0.4 is 5.32 Å². The summed E-state index contributed by atoms with van der Waals surface area (Å²) >= 11 is 3.50. The van der Waals surface area contributed by atoms with E-state index in [-0.39, 0.29) is 17.9 Å². The Bertz CT molecular complexity index is 848. The molecular weight excluding hydrogens is 410 g/mol. The second-order valence-corrected chi connectivity index (χ2v) is 8.58. The minimum atomic E-state index is -0.608. The van der Waals surface area contributed by atoms with Gasteiger partial charge in [0.15, 0.2) is 0 Å². The number of benzene rings is 1. The molecule has 0 saturated carbocycles. The number of carbonyl (C=O) groups is 2. The van der Waals surface area contributed by atoms with Crippen molar-refractivity contribution in [1.82, 2.24) is 15.2 Å². The predicted molar refractivity (Wildman–Crippen MR) is 108 cm³/mol. The second kappa shape index (κ2) is 7.92. The topological polar surface area (TPSA) is 74.4 Å². The summed E-state index contributed by atoms with van der Waals surface area (Å²) in [4.78, 5) is 30.3. The summed E-state index contributed by atoms with van der Waals surface area (Å²) < 4.78 is 5.71. The number of hydrogen-bond acceptors (Lipinski definition) is 3. The molecule has 0 unspecified atom stereocenters. The summed E-state index contributed by atoms with van der Waals surface area (Å²) in [5.41, 5.74) is 2.07. The fourth-order valence-electron chi connectivity index (χ4n) is 3.76. The largest absolute Gasteiger partial charge is 0.453 e. The maximum absolute atomic E-state index is 13.3. The summed E-state index contributed by atoms with van der Waals surface area (Å²) in [7, 11) is 1.31. The summed E-state index contributed by atoms with van der Waals surface area (Å²) in [6.45, 7) is 6.67. The summed E-state index contributed by atoms with van der Waals surface area (Å²) in [6, 6.07) is 7.58. The lowest BCUT2D eigenvalue weighted by atomic mass is 10.0. The molecule has 1 aromatic heterocycles. The Morgan fingerprint density at radius 1 is 1.33 bits per heavy atom. The number of alkyl carbamates (subject to hydrolysis) is 1. The lowest BCUT2D eigenvalue weighted by molar-refractivity contribution is -0.135. The number of amides is 2. The average molecular weight is 436 g/mol. The SMILES string of the molecule is COC(=O)N[C@H](C(=O)N1C[C@@H](C)C[C@@H]1c1cc2ccc(Br)cc2[nH]1)C(C)C. The highest BCUT2D eigenvalue weighted by molar-refractivity contribution is 9.10. The van der Waals surface area contributed by atoms with Gasteiger partial charge in [-0.05, 0) is 41.8 Å². The number of nitrogens with one attached hydrogen (secondary N) is 2. The molecule has 0 radical (unpaired) electrons. The Kier molecular flexibility index (Phi) is 5.79. The summed E-state index contributed by atoms with van der Waals surface area (Å²) in [6.07, 6.45) is 0.310. The number of halogens is 1. The molecule has 1 saturated heterocycles. The Hall–Kier alpha value is -2.02. The van der Waals surface area contributed by atoms with Crippen molar-refractivity contribution in [2.75, 3.05) is 13.7 Å². The van der Waals surface area contributed by atoms with Crippen LogP contribution in [0.25, 0.3) is 10.9 Å². The molecule has 146 valence electrons. The van der Waals surface area contributed by atoms with Crippen molar-refractivity contribution < 1.29 is 14.3 Å². The number of H-pyrrole nitrogens is 1. The van der Waals surface area contributed by atoms with E-state index in [1.54, 1.807) is 0 Å². The third-order valence-corrected chi connectivity index (χ3v) is 5.64. The molecule has 1 aromatic carbocycles. The van der Waals surface area contributed by atoms with Crippen molar-refractivity contribution in [3.63, 3.8) is 0 Å². The highest BCUT2D eigenvalue weighted by Gasteiger charge is 2.39. The normalized spacial score (nSPS) is 20.9. The van der Waals surface area contributed by atoms with Crippen LogP contribution in [0.15, 0.2) is 28.7 Å². The molecule has 0 bridgehead atoms. The summed E-state index contributed by atoms with van der Waals surface area (Å²) in [5, 5.41) is 3.81. The van der Waals surface area contributed by atoms with Crippen LogP contribution >= 0.6 is 15.9 Å². The number of methoxy groups -OCH3 is 1. The lowest BCUT2D eigenvalue weighted by Gasteiger charge is -2.30. The third kappa shape index (κ3) is 4.13. The first-order chi connectivity index (χ1) is 12.8. The van der Waals surface area contributed by atoms with Crippen LogP contribution in [0.4, 0.5) is 4.79 Å². The molecule has 27 heavy (non-hydrogen) atoms. The van der Waals surface area contributed by atoms with E-state index in [2.05, 4.69) is 45.3 Å². The van der Waals surface area contributed by atoms with E-state index in [1.807, 2.05) is 30.9 Å². The van der Waals surface area contributed by atoms with Crippen LogP contribution in [-0.2, 0) is 9.53 Å². The van der Waals surface area contributed by atoms with Gasteiger partial charge in [-0.3, -0.25) is 4.79 Å². The van der Waals surface area contributed by atoms with E-state index in [0.717, 1.165) is 27.5 Å². The van der Waals surface area contributed by atoms with E-state index in [0.29, 0.717) is 12.5 Å². The quantitative estimate of drug-likeness (QED) is 0.754. The fourth-order valence-corrected chi connectivity index (χ4v) is 4.12. The van der Waals surface area contributed by atoms with Gasteiger partial charge >= 0.3 is 6.09 Å². The van der Waals surface area contributed by atoms with Gasteiger partial charge in [0.1, 0.15) is 6.04 Å². The Balaban J connectivity index is 1.89. The first-order valence-electron chi connectivity index (χ1n) is 9.23. The standard InChI is InChI=1S/C20H26BrN3O3/c1-11(2)18(23-20(26)27-4)19(25)24-10-12(3)7-17(24)16-8-13-5-6-14(21)9-15(13)22-16/h5-6,8-9,11-12,17-18,22H,7,10H2,1-4H3,(H,23,26)/t12-,17+,18-/m0/s1. The molecule has 6 nitrogen and oxygen atoms in total. The second-order valence-electron chi connectivity index (χ2n) is 7.66. The molecule has 2 heterocycles. The van der Waals surface area contributed by atoms with Gasteiger partial charge in [0, 0.05) is 22.2 Å². The monoisotopic (exact) mass is 435 g/mol. The van der Waals surface area contributed by atoms with Crippen LogP contribution in [0.5, 0.6) is 0 Å². The van der Waals surface area contributed by atoms with Crippen molar-refractivity contribution in [2.45, 2.75) is 39.3 Å². The minimum absolute atomic E-state index is 0.0284. The maximum Gasteiger partial charge on any atom is 0.407 e. The molecule has 2 amide bonds. The zero-order valence-electron chi connectivity index (χ0n) is 16.1. The van der Waals surface area contributed by atoms with Crippen LogP contribution in [-0.4, -0.2) is 41.6 Å². The maximum atomic E-state index is 13.3. The third-order valence-electron chi connectivity index (χ3n) is 5.15. The van der Waals surface area contributed by atoms with Crippen LogP contribution in [0, 0.1) is 11.8 Å². The van der Waals surface area contributed by atoms with Gasteiger partial charge < -0.3 is 19.9 Å². The van der Waals surface area contributed by atoms with Gasteiger partial charge in [-0.1, -0.05) is 42.8 Å². The average Bonchev–Trinajstić information content (AvgIpc) is 3.21. The van der Waals surface area contributed by atoms with Crippen LogP contribution in [0.3, 0.4) is 0 Å². The molecule has 3 rings (SSSR count). The zero-order valence-corrected chi connectivity index (χ0v) is 17.7. The number of aromatic amines is 1. The molecule has 0 spiro atoms. The zero-order chi connectivity index (χ0) is 19.7. The molecule has 2 N–H and O–H groups in total. The van der Waals surface area contributed by atoms with Gasteiger partial charge in [-0.25, -0.2) is 4.79 Å². The molecule has 2 aromatic rings. The van der Waals surface area contributed by atoms with Gasteiger partial charge in [-0.2, -0.15) is 0 Å². The molecule has 1 fully saturated rings. The first-order valence-corrected chi connectivity index (χ1v) is 10.0. The van der Waals surface area contributed by atoms with Crippen molar-refractivity contribution in [2.24, 2.45) is 11.8 Å². The molecule has 3 atom stereocenters. The number of fused-ring (bicyclic) bond motifs is 1. The minimum Gasteiger partial charge on any atom is -0.453 e. The van der Waals surface area contributed by atoms with E-state index >= 15 is 0 Å². The smallest absolute Gasteiger partial charge is 0.407 e. The number of carbonyl (C=O) groups excluding carboxylic acids is 2. The van der Waals surface area contributed by atoms with Crippen molar-refractivity contribution in [3.8, 4) is 0 Å². The highest BCUT2D eigenvalue weighted by Crippen LogP contribution is 2.37. The van der Waals surface area contributed by atoms with Crippen LogP contribution in [0.1, 0.15) is 38.9 Å². The lowest BCUT2D eigenvalue weighted by Crippen LogP contribution is -2.51. The number of likely N-dealkylation sites (tertiary alicyclic amines) is 1. The van der Waals surface area contributed by atoms with Crippen LogP contribution in [0.2, 0.25) is 0 Å². The Labute approximate surface area is 167 Å². The van der Waals surface area contributed by atoms with Gasteiger partial charge in [0.2, 0.25) is 5.91 Å². The van der Waals surface area contributed by atoms with E-state index in [1.165, 1.54) is 7.11 Å². The fraction of sp³-hybridized carbons (Fsp3) is 0.500.